The average Bonchev–Trinajstić information content (AvgIpc) is 2.45. The van der Waals surface area contributed by atoms with E-state index < -0.39 is 0 Å². The minimum Gasteiger partial charge on any atom is -0.462 e. The summed E-state index contributed by atoms with van der Waals surface area (Å²) in [6, 6.07) is 1.73. The number of halogens is 1. The number of pyridine rings is 1. The lowest BCUT2D eigenvalue weighted by Crippen LogP contribution is -2.06. The standard InChI is InChI=1S/C16H24BrNO2/c1-2-3-4-5-6-7-8-9-10-20-16(19)14-11-15(17)13-18-12-14/h11-13H,2-10H2,1H3. The first-order chi connectivity index (χ1) is 9.74. The summed E-state index contributed by atoms with van der Waals surface area (Å²) in [6.07, 6.45) is 13.1. The number of ether oxygens (including phenoxy) is 1. The first-order valence-corrected chi connectivity index (χ1v) is 8.31. The number of esters is 1. The van der Waals surface area contributed by atoms with E-state index in [1.54, 1.807) is 12.3 Å². The molecule has 0 spiro atoms. The molecule has 0 N–H and O–H groups in total. The van der Waals surface area contributed by atoms with Gasteiger partial charge in [-0.3, -0.25) is 4.98 Å². The Bertz CT molecular complexity index is 396. The van der Waals surface area contributed by atoms with Gasteiger partial charge in [0.2, 0.25) is 0 Å². The van der Waals surface area contributed by atoms with Gasteiger partial charge >= 0.3 is 5.97 Å². The van der Waals surface area contributed by atoms with E-state index in [2.05, 4.69) is 27.8 Å². The summed E-state index contributed by atoms with van der Waals surface area (Å²) < 4.78 is 6.02. The number of nitrogens with zero attached hydrogens (tertiary/aromatic N) is 1. The Morgan fingerprint density at radius 1 is 1.10 bits per heavy atom. The van der Waals surface area contributed by atoms with Crippen molar-refractivity contribution in [1.29, 1.82) is 0 Å². The zero-order chi connectivity index (χ0) is 14.6. The van der Waals surface area contributed by atoms with E-state index >= 15 is 0 Å². The summed E-state index contributed by atoms with van der Waals surface area (Å²) in [5, 5.41) is 0. The van der Waals surface area contributed by atoms with Gasteiger partial charge in [0, 0.05) is 16.9 Å². The summed E-state index contributed by atoms with van der Waals surface area (Å²) >= 11 is 3.29. The molecule has 112 valence electrons. The molecular formula is C16H24BrNO2. The van der Waals surface area contributed by atoms with Crippen LogP contribution in [0.2, 0.25) is 0 Å². The third-order valence-electron chi connectivity index (χ3n) is 3.17. The largest absolute Gasteiger partial charge is 0.462 e. The second-order valence-corrected chi connectivity index (χ2v) is 5.92. The molecule has 0 unspecified atom stereocenters. The Hall–Kier alpha value is -0.900. The predicted octanol–water partition coefficient (Wildman–Crippen LogP) is 5.14. The first kappa shape index (κ1) is 17.2. The van der Waals surface area contributed by atoms with E-state index in [9.17, 15) is 4.79 Å². The maximum atomic E-state index is 11.7. The van der Waals surface area contributed by atoms with E-state index in [1.165, 1.54) is 44.7 Å². The Morgan fingerprint density at radius 3 is 2.40 bits per heavy atom. The average molecular weight is 342 g/mol. The highest BCUT2D eigenvalue weighted by Gasteiger charge is 2.07. The summed E-state index contributed by atoms with van der Waals surface area (Å²) in [5.41, 5.74) is 0.499. The molecule has 1 aromatic rings. The van der Waals surface area contributed by atoms with Crippen molar-refractivity contribution in [2.45, 2.75) is 58.3 Å². The van der Waals surface area contributed by atoms with Gasteiger partial charge in [0.15, 0.2) is 0 Å². The van der Waals surface area contributed by atoms with Crippen molar-refractivity contribution in [3.05, 3.63) is 28.5 Å². The molecule has 0 saturated heterocycles. The third kappa shape index (κ3) is 7.63. The van der Waals surface area contributed by atoms with Gasteiger partial charge in [-0.2, -0.15) is 0 Å². The maximum Gasteiger partial charge on any atom is 0.339 e. The van der Waals surface area contributed by atoms with E-state index in [0.29, 0.717) is 12.2 Å². The van der Waals surface area contributed by atoms with Crippen molar-refractivity contribution >= 4 is 21.9 Å². The van der Waals surface area contributed by atoms with Gasteiger partial charge in [-0.15, -0.1) is 0 Å². The Kier molecular flexibility index (Phi) is 9.29. The van der Waals surface area contributed by atoms with Gasteiger partial charge in [0.25, 0.3) is 0 Å². The van der Waals surface area contributed by atoms with Crippen molar-refractivity contribution in [1.82, 2.24) is 4.98 Å². The van der Waals surface area contributed by atoms with Gasteiger partial charge in [-0.25, -0.2) is 4.79 Å². The van der Waals surface area contributed by atoms with Crippen LogP contribution in [0, 0.1) is 0 Å². The molecule has 0 radical (unpaired) electrons. The van der Waals surface area contributed by atoms with E-state index in [4.69, 9.17) is 4.74 Å². The minimum absolute atomic E-state index is 0.290. The van der Waals surface area contributed by atoms with Crippen LogP contribution in [0.5, 0.6) is 0 Å². The molecule has 0 aliphatic rings. The first-order valence-electron chi connectivity index (χ1n) is 7.51. The van der Waals surface area contributed by atoms with Gasteiger partial charge in [0.1, 0.15) is 0 Å². The fraction of sp³-hybridized carbons (Fsp3) is 0.625. The number of unbranched alkanes of at least 4 members (excludes halogenated alkanes) is 7. The zero-order valence-electron chi connectivity index (χ0n) is 12.2. The normalized spacial score (nSPS) is 10.5. The van der Waals surface area contributed by atoms with Gasteiger partial charge in [0.05, 0.1) is 12.2 Å². The van der Waals surface area contributed by atoms with Crippen molar-refractivity contribution in [2.24, 2.45) is 0 Å². The van der Waals surface area contributed by atoms with Crippen LogP contribution in [0.1, 0.15) is 68.6 Å². The van der Waals surface area contributed by atoms with Crippen molar-refractivity contribution in [3.8, 4) is 0 Å². The lowest BCUT2D eigenvalue weighted by Gasteiger charge is -2.05. The zero-order valence-corrected chi connectivity index (χ0v) is 13.8. The summed E-state index contributed by atoms with van der Waals surface area (Å²) in [6.45, 7) is 2.73. The Balaban J connectivity index is 2.02. The monoisotopic (exact) mass is 341 g/mol. The number of hydrogen-bond donors (Lipinski definition) is 0. The summed E-state index contributed by atoms with van der Waals surface area (Å²) in [4.78, 5) is 15.7. The van der Waals surface area contributed by atoms with E-state index in [1.807, 2.05) is 0 Å². The van der Waals surface area contributed by atoms with Crippen LogP contribution in [0.25, 0.3) is 0 Å². The van der Waals surface area contributed by atoms with E-state index in [0.717, 1.165) is 17.3 Å². The fourth-order valence-corrected chi connectivity index (χ4v) is 2.37. The molecule has 0 atom stereocenters. The van der Waals surface area contributed by atoms with Crippen molar-refractivity contribution in [3.63, 3.8) is 0 Å². The summed E-state index contributed by atoms with van der Waals surface area (Å²) in [7, 11) is 0. The van der Waals surface area contributed by atoms with Gasteiger partial charge in [-0.1, -0.05) is 51.9 Å². The second-order valence-electron chi connectivity index (χ2n) is 5.00. The van der Waals surface area contributed by atoms with Crippen LogP contribution in [0.4, 0.5) is 0 Å². The van der Waals surface area contributed by atoms with Crippen LogP contribution >= 0.6 is 15.9 Å². The topological polar surface area (TPSA) is 39.2 Å². The SMILES string of the molecule is CCCCCCCCCCOC(=O)c1cncc(Br)c1. The highest BCUT2D eigenvalue weighted by molar-refractivity contribution is 9.10. The van der Waals surface area contributed by atoms with Crippen molar-refractivity contribution < 1.29 is 9.53 Å². The number of rotatable bonds is 10. The molecule has 0 fully saturated rings. The smallest absolute Gasteiger partial charge is 0.339 e. The number of aromatic nitrogens is 1. The van der Waals surface area contributed by atoms with Crippen LogP contribution in [-0.4, -0.2) is 17.6 Å². The molecule has 4 heteroatoms. The lowest BCUT2D eigenvalue weighted by molar-refractivity contribution is 0.0497. The molecule has 0 aliphatic carbocycles. The molecule has 0 aromatic carbocycles. The highest BCUT2D eigenvalue weighted by atomic mass is 79.9. The van der Waals surface area contributed by atoms with Crippen LogP contribution in [0.15, 0.2) is 22.9 Å². The maximum absolute atomic E-state index is 11.7. The summed E-state index contributed by atoms with van der Waals surface area (Å²) in [5.74, 6) is -0.290. The Morgan fingerprint density at radius 2 is 1.75 bits per heavy atom. The predicted molar refractivity (Wildman–Crippen MR) is 84.8 cm³/mol. The Labute approximate surface area is 130 Å². The molecule has 1 aromatic heterocycles. The molecule has 0 saturated carbocycles. The number of carbonyl (C=O) groups excluding carboxylic acids is 1. The van der Waals surface area contributed by atoms with E-state index in [-0.39, 0.29) is 5.97 Å². The lowest BCUT2D eigenvalue weighted by atomic mass is 10.1. The number of hydrogen-bond acceptors (Lipinski definition) is 3. The molecule has 1 heterocycles. The fourth-order valence-electron chi connectivity index (χ4n) is 2.01. The third-order valence-corrected chi connectivity index (χ3v) is 3.61. The molecule has 20 heavy (non-hydrogen) atoms. The van der Waals surface area contributed by atoms with Crippen LogP contribution in [0.3, 0.4) is 0 Å². The second kappa shape index (κ2) is 10.8. The highest BCUT2D eigenvalue weighted by Crippen LogP contribution is 2.11. The van der Waals surface area contributed by atoms with Gasteiger partial charge < -0.3 is 4.74 Å². The minimum atomic E-state index is -0.290. The molecule has 3 nitrogen and oxygen atoms in total. The van der Waals surface area contributed by atoms with Crippen LogP contribution < -0.4 is 0 Å². The van der Waals surface area contributed by atoms with Gasteiger partial charge in [-0.05, 0) is 28.4 Å². The molecule has 1 rings (SSSR count). The molecule has 0 amide bonds. The molecular weight excluding hydrogens is 318 g/mol. The molecule has 0 bridgehead atoms. The molecule has 0 aliphatic heterocycles. The quantitative estimate of drug-likeness (QED) is 0.436. The van der Waals surface area contributed by atoms with Crippen LogP contribution in [-0.2, 0) is 4.74 Å². The van der Waals surface area contributed by atoms with Crippen molar-refractivity contribution in [2.75, 3.05) is 6.61 Å². The number of carbonyl (C=O) groups is 1.